The van der Waals surface area contributed by atoms with Gasteiger partial charge in [0.25, 0.3) is 5.91 Å². The quantitative estimate of drug-likeness (QED) is 0.633. The van der Waals surface area contributed by atoms with Crippen molar-refractivity contribution >= 4 is 34.6 Å². The van der Waals surface area contributed by atoms with Gasteiger partial charge in [0, 0.05) is 31.7 Å². The van der Waals surface area contributed by atoms with Crippen LogP contribution < -0.4 is 0 Å². The monoisotopic (exact) mass is 422 g/mol. The molecule has 1 aliphatic heterocycles. The minimum atomic E-state index is 0.0350. The standard InChI is InChI=1S/C23H26N4O2S/c1-30-17-21-24-19-10-5-6-11-20(19)27(21)16-22(28)25-12-7-13-26(15-14-25)23(29)18-8-3-2-4-9-18/h2-6,8-11H,7,12-17H2,1H3. The summed E-state index contributed by atoms with van der Waals surface area (Å²) < 4.78 is 2.03. The second-order valence-corrected chi connectivity index (χ2v) is 8.29. The Labute approximate surface area is 180 Å². The second kappa shape index (κ2) is 9.34. The first-order valence-corrected chi connectivity index (χ1v) is 11.6. The van der Waals surface area contributed by atoms with E-state index < -0.39 is 0 Å². The van der Waals surface area contributed by atoms with E-state index >= 15 is 0 Å². The molecule has 1 aromatic heterocycles. The molecule has 0 N–H and O–H groups in total. The highest BCUT2D eigenvalue weighted by atomic mass is 32.2. The molecule has 0 spiro atoms. The molecule has 0 atom stereocenters. The van der Waals surface area contributed by atoms with E-state index in [1.54, 1.807) is 11.8 Å². The summed E-state index contributed by atoms with van der Waals surface area (Å²) in [7, 11) is 0. The number of nitrogens with zero attached hydrogens (tertiary/aromatic N) is 4. The van der Waals surface area contributed by atoms with E-state index in [2.05, 4.69) is 0 Å². The van der Waals surface area contributed by atoms with Gasteiger partial charge in [0.2, 0.25) is 5.91 Å². The van der Waals surface area contributed by atoms with Gasteiger partial charge in [-0.05, 0) is 36.9 Å². The molecule has 2 heterocycles. The van der Waals surface area contributed by atoms with E-state index in [0.29, 0.717) is 31.7 Å². The Hall–Kier alpha value is -2.80. The fraction of sp³-hybridized carbons (Fsp3) is 0.348. The van der Waals surface area contributed by atoms with Crippen LogP contribution in [0.3, 0.4) is 0 Å². The maximum absolute atomic E-state index is 13.1. The summed E-state index contributed by atoms with van der Waals surface area (Å²) in [6.45, 7) is 2.73. The molecule has 156 valence electrons. The third-order valence-electron chi connectivity index (χ3n) is 5.46. The van der Waals surface area contributed by atoms with E-state index in [0.717, 1.165) is 29.0 Å². The molecule has 0 bridgehead atoms. The van der Waals surface area contributed by atoms with Gasteiger partial charge in [-0.25, -0.2) is 4.98 Å². The van der Waals surface area contributed by atoms with Crippen LogP contribution in [0.5, 0.6) is 0 Å². The summed E-state index contributed by atoms with van der Waals surface area (Å²) in [4.78, 5) is 34.3. The first-order valence-electron chi connectivity index (χ1n) is 10.2. The van der Waals surface area contributed by atoms with Crippen molar-refractivity contribution in [2.45, 2.75) is 18.7 Å². The lowest BCUT2D eigenvalue weighted by Gasteiger charge is -2.23. The first kappa shape index (κ1) is 20.5. The fourth-order valence-corrected chi connectivity index (χ4v) is 4.39. The first-order chi connectivity index (χ1) is 14.7. The molecule has 0 saturated carbocycles. The van der Waals surface area contributed by atoms with E-state index in [1.165, 1.54) is 0 Å². The summed E-state index contributed by atoms with van der Waals surface area (Å²) in [5.74, 6) is 1.80. The summed E-state index contributed by atoms with van der Waals surface area (Å²) in [6, 6.07) is 17.3. The Kier molecular flexibility index (Phi) is 6.38. The van der Waals surface area contributed by atoms with Crippen molar-refractivity contribution in [2.24, 2.45) is 0 Å². The molecule has 0 radical (unpaired) electrons. The Bertz CT molecular complexity index is 1030. The van der Waals surface area contributed by atoms with Gasteiger partial charge in [-0.2, -0.15) is 11.8 Å². The number of amides is 2. The fourth-order valence-electron chi connectivity index (χ4n) is 3.91. The predicted octanol–water partition coefficient (Wildman–Crippen LogP) is 3.27. The summed E-state index contributed by atoms with van der Waals surface area (Å²) >= 11 is 1.70. The van der Waals surface area contributed by atoms with Crippen LogP contribution in [-0.4, -0.2) is 63.6 Å². The molecule has 0 unspecified atom stereocenters. The highest BCUT2D eigenvalue weighted by molar-refractivity contribution is 7.97. The zero-order chi connectivity index (χ0) is 20.9. The van der Waals surface area contributed by atoms with Gasteiger partial charge in [0.05, 0.1) is 16.8 Å². The van der Waals surface area contributed by atoms with Crippen LogP contribution in [0.2, 0.25) is 0 Å². The molecule has 7 heteroatoms. The van der Waals surface area contributed by atoms with Crippen LogP contribution in [0.1, 0.15) is 22.6 Å². The molecule has 1 fully saturated rings. The summed E-state index contributed by atoms with van der Waals surface area (Å²) in [5, 5.41) is 0. The number of thioether (sulfide) groups is 1. The third-order valence-corrected chi connectivity index (χ3v) is 6.00. The van der Waals surface area contributed by atoms with Crippen molar-refractivity contribution in [3.63, 3.8) is 0 Å². The number of carbonyl (C=O) groups is 2. The van der Waals surface area contributed by atoms with Gasteiger partial charge in [-0.15, -0.1) is 0 Å². The van der Waals surface area contributed by atoms with Crippen molar-refractivity contribution in [2.75, 3.05) is 32.4 Å². The minimum Gasteiger partial charge on any atom is -0.339 e. The molecule has 6 nitrogen and oxygen atoms in total. The number of hydrogen-bond donors (Lipinski definition) is 0. The topological polar surface area (TPSA) is 58.4 Å². The average Bonchev–Trinajstić information content (AvgIpc) is 2.95. The maximum Gasteiger partial charge on any atom is 0.253 e. The molecular formula is C23H26N4O2S. The zero-order valence-electron chi connectivity index (χ0n) is 17.2. The van der Waals surface area contributed by atoms with E-state index in [4.69, 9.17) is 4.98 Å². The number of carbonyl (C=O) groups excluding carboxylic acids is 2. The van der Waals surface area contributed by atoms with Gasteiger partial charge in [-0.3, -0.25) is 9.59 Å². The molecule has 1 aliphatic rings. The van der Waals surface area contributed by atoms with Gasteiger partial charge < -0.3 is 14.4 Å². The highest BCUT2D eigenvalue weighted by Gasteiger charge is 2.24. The number of benzene rings is 2. The van der Waals surface area contributed by atoms with Crippen molar-refractivity contribution in [3.05, 3.63) is 66.0 Å². The van der Waals surface area contributed by atoms with Gasteiger partial charge in [-0.1, -0.05) is 30.3 Å². The number of aromatic nitrogens is 2. The van der Waals surface area contributed by atoms with E-state index in [-0.39, 0.29) is 18.4 Å². The average molecular weight is 423 g/mol. The lowest BCUT2D eigenvalue weighted by Crippen LogP contribution is -2.38. The van der Waals surface area contributed by atoms with Gasteiger partial charge >= 0.3 is 0 Å². The van der Waals surface area contributed by atoms with Crippen molar-refractivity contribution < 1.29 is 9.59 Å². The molecule has 30 heavy (non-hydrogen) atoms. The maximum atomic E-state index is 13.1. The Balaban J connectivity index is 1.45. The highest BCUT2D eigenvalue weighted by Crippen LogP contribution is 2.19. The Morgan fingerprint density at radius 1 is 0.933 bits per heavy atom. The summed E-state index contributed by atoms with van der Waals surface area (Å²) in [5.41, 5.74) is 2.61. The van der Waals surface area contributed by atoms with E-state index in [9.17, 15) is 9.59 Å². The molecular weight excluding hydrogens is 396 g/mol. The Morgan fingerprint density at radius 2 is 1.63 bits per heavy atom. The number of fused-ring (bicyclic) bond motifs is 1. The molecule has 2 aromatic carbocycles. The normalized spacial score (nSPS) is 14.7. The molecule has 0 aliphatic carbocycles. The lowest BCUT2D eigenvalue weighted by molar-refractivity contribution is -0.131. The number of para-hydroxylation sites is 2. The zero-order valence-corrected chi connectivity index (χ0v) is 18.0. The van der Waals surface area contributed by atoms with Crippen LogP contribution in [-0.2, 0) is 17.1 Å². The third kappa shape index (κ3) is 4.36. The number of hydrogen-bond acceptors (Lipinski definition) is 4. The molecule has 3 aromatic rings. The lowest BCUT2D eigenvalue weighted by atomic mass is 10.2. The SMILES string of the molecule is CSCc1nc2ccccc2n1CC(=O)N1CCCN(C(=O)c2ccccc2)CC1. The van der Waals surface area contributed by atoms with Crippen molar-refractivity contribution in [1.82, 2.24) is 19.4 Å². The van der Waals surface area contributed by atoms with Crippen LogP contribution in [0.15, 0.2) is 54.6 Å². The molecule has 2 amide bonds. The van der Waals surface area contributed by atoms with Crippen molar-refractivity contribution in [1.29, 1.82) is 0 Å². The van der Waals surface area contributed by atoms with Crippen LogP contribution in [0.4, 0.5) is 0 Å². The largest absolute Gasteiger partial charge is 0.339 e. The van der Waals surface area contributed by atoms with Gasteiger partial charge in [0.1, 0.15) is 12.4 Å². The smallest absolute Gasteiger partial charge is 0.253 e. The van der Waals surface area contributed by atoms with Crippen LogP contribution in [0.25, 0.3) is 11.0 Å². The van der Waals surface area contributed by atoms with Gasteiger partial charge in [0.15, 0.2) is 0 Å². The van der Waals surface area contributed by atoms with Crippen LogP contribution >= 0.6 is 11.8 Å². The number of rotatable bonds is 5. The van der Waals surface area contributed by atoms with Crippen LogP contribution in [0, 0.1) is 0 Å². The van der Waals surface area contributed by atoms with E-state index in [1.807, 2.05) is 75.2 Å². The molecule has 4 rings (SSSR count). The number of imidazole rings is 1. The predicted molar refractivity (Wildman–Crippen MR) is 120 cm³/mol. The second-order valence-electron chi connectivity index (χ2n) is 7.43. The summed E-state index contributed by atoms with van der Waals surface area (Å²) in [6.07, 6.45) is 2.82. The molecule has 1 saturated heterocycles. The minimum absolute atomic E-state index is 0.0350. The van der Waals surface area contributed by atoms with Crippen molar-refractivity contribution in [3.8, 4) is 0 Å². The Morgan fingerprint density at radius 3 is 2.43 bits per heavy atom.